The summed E-state index contributed by atoms with van der Waals surface area (Å²) in [5, 5.41) is 11.6. The van der Waals surface area contributed by atoms with Gasteiger partial charge >= 0.3 is 5.97 Å². The number of aliphatic carboxylic acids is 1. The van der Waals surface area contributed by atoms with E-state index in [1.165, 1.54) is 12.1 Å². The summed E-state index contributed by atoms with van der Waals surface area (Å²) in [6.07, 6.45) is 0.532. The van der Waals surface area contributed by atoms with Crippen LogP contribution in [-0.4, -0.2) is 17.0 Å². The molecule has 0 aliphatic rings. The number of anilines is 1. The normalized spacial score (nSPS) is 11.8. The van der Waals surface area contributed by atoms with Gasteiger partial charge in [-0.1, -0.05) is 31.2 Å². The molecule has 25 heavy (non-hydrogen) atoms. The highest BCUT2D eigenvalue weighted by Gasteiger charge is 2.12. The summed E-state index contributed by atoms with van der Waals surface area (Å²) in [4.78, 5) is 22.8. The molecule has 6 heteroatoms. The first-order valence-electron chi connectivity index (χ1n) is 7.91. The molecule has 2 rings (SSSR count). The number of halogens is 2. The Bertz CT molecular complexity index is 760. The minimum atomic E-state index is -0.927. The molecule has 0 spiro atoms. The molecule has 2 aromatic rings. The summed E-state index contributed by atoms with van der Waals surface area (Å²) in [6, 6.07) is 10.8. The number of carbonyl (C=O) groups is 2. The van der Waals surface area contributed by atoms with Gasteiger partial charge in [-0.2, -0.15) is 0 Å². The second kappa shape index (κ2) is 8.37. The van der Waals surface area contributed by atoms with Crippen LogP contribution in [0.1, 0.15) is 24.5 Å². The van der Waals surface area contributed by atoms with Crippen molar-refractivity contribution in [1.29, 1.82) is 0 Å². The molecule has 0 aromatic heterocycles. The van der Waals surface area contributed by atoms with E-state index in [1.54, 1.807) is 31.2 Å². The summed E-state index contributed by atoms with van der Waals surface area (Å²) in [6.45, 7) is 1.63. The highest BCUT2D eigenvalue weighted by Crippen LogP contribution is 2.16. The molecular formula is C19H19F2NO3. The van der Waals surface area contributed by atoms with Crippen molar-refractivity contribution in [2.24, 2.45) is 5.92 Å². The highest BCUT2D eigenvalue weighted by molar-refractivity contribution is 5.90. The van der Waals surface area contributed by atoms with Crippen molar-refractivity contribution < 1.29 is 23.5 Å². The fourth-order valence-electron chi connectivity index (χ4n) is 2.38. The Labute approximate surface area is 144 Å². The van der Waals surface area contributed by atoms with E-state index in [-0.39, 0.29) is 24.3 Å². The number of benzene rings is 2. The predicted octanol–water partition coefficient (Wildman–Crippen LogP) is 3.80. The minimum Gasteiger partial charge on any atom is -0.481 e. The van der Waals surface area contributed by atoms with Gasteiger partial charge in [0, 0.05) is 12.1 Å². The summed E-state index contributed by atoms with van der Waals surface area (Å²) in [7, 11) is 0. The Hall–Kier alpha value is -2.76. The van der Waals surface area contributed by atoms with E-state index in [1.807, 2.05) is 0 Å². The summed E-state index contributed by atoms with van der Waals surface area (Å²) < 4.78 is 26.7. The average molecular weight is 347 g/mol. The molecule has 2 N–H and O–H groups in total. The van der Waals surface area contributed by atoms with E-state index in [0.29, 0.717) is 12.1 Å². The number of aryl methyl sites for hydroxylation is 1. The summed E-state index contributed by atoms with van der Waals surface area (Å²) >= 11 is 0. The standard InChI is InChI=1S/C19H19F2NO3/c1-12(19(24)25)11-13-5-8-15(9-6-13)22-17(23)10-7-14-3-2-4-16(20)18(14)21/h2-6,8-9,12H,7,10-11H2,1H3,(H,22,23)(H,24,25). The number of hydrogen-bond donors (Lipinski definition) is 2. The molecule has 1 unspecified atom stereocenters. The van der Waals surface area contributed by atoms with E-state index in [4.69, 9.17) is 5.11 Å². The molecule has 0 fully saturated rings. The van der Waals surface area contributed by atoms with Crippen LogP contribution in [0.15, 0.2) is 42.5 Å². The Kier molecular flexibility index (Phi) is 6.22. The summed E-state index contributed by atoms with van der Waals surface area (Å²) in [5.41, 5.74) is 1.58. The quantitative estimate of drug-likeness (QED) is 0.801. The molecule has 0 saturated heterocycles. The van der Waals surface area contributed by atoms with Gasteiger partial charge in [-0.3, -0.25) is 9.59 Å². The van der Waals surface area contributed by atoms with Gasteiger partial charge in [-0.15, -0.1) is 0 Å². The molecule has 4 nitrogen and oxygen atoms in total. The van der Waals surface area contributed by atoms with Gasteiger partial charge in [0.05, 0.1) is 5.92 Å². The van der Waals surface area contributed by atoms with Gasteiger partial charge in [0.2, 0.25) is 5.91 Å². The lowest BCUT2D eigenvalue weighted by Crippen LogP contribution is -2.14. The van der Waals surface area contributed by atoms with Crippen LogP contribution in [0, 0.1) is 17.6 Å². The van der Waals surface area contributed by atoms with E-state index >= 15 is 0 Å². The number of hydrogen-bond acceptors (Lipinski definition) is 2. The van der Waals surface area contributed by atoms with E-state index in [2.05, 4.69) is 5.32 Å². The Morgan fingerprint density at radius 3 is 2.44 bits per heavy atom. The van der Waals surface area contributed by atoms with Crippen LogP contribution in [-0.2, 0) is 22.4 Å². The van der Waals surface area contributed by atoms with E-state index in [9.17, 15) is 18.4 Å². The number of carboxylic acids is 1. The van der Waals surface area contributed by atoms with Gasteiger partial charge in [-0.05, 0) is 42.2 Å². The van der Waals surface area contributed by atoms with Crippen molar-refractivity contribution in [2.45, 2.75) is 26.2 Å². The second-order valence-corrected chi connectivity index (χ2v) is 5.90. The Balaban J connectivity index is 1.88. The third-order valence-electron chi connectivity index (χ3n) is 3.85. The van der Waals surface area contributed by atoms with Crippen LogP contribution >= 0.6 is 0 Å². The fourth-order valence-corrected chi connectivity index (χ4v) is 2.38. The van der Waals surface area contributed by atoms with Crippen LogP contribution < -0.4 is 5.32 Å². The highest BCUT2D eigenvalue weighted by atomic mass is 19.2. The smallest absolute Gasteiger partial charge is 0.306 e. The zero-order chi connectivity index (χ0) is 18.4. The molecule has 0 saturated carbocycles. The SMILES string of the molecule is CC(Cc1ccc(NC(=O)CCc2cccc(F)c2F)cc1)C(=O)O. The van der Waals surface area contributed by atoms with Crippen LogP contribution in [0.5, 0.6) is 0 Å². The number of nitrogens with one attached hydrogen (secondary N) is 1. The molecule has 1 amide bonds. The number of amides is 1. The van der Waals surface area contributed by atoms with Crippen molar-refractivity contribution in [2.75, 3.05) is 5.32 Å². The Morgan fingerprint density at radius 1 is 1.12 bits per heavy atom. The van der Waals surface area contributed by atoms with Crippen molar-refractivity contribution in [3.63, 3.8) is 0 Å². The van der Waals surface area contributed by atoms with E-state index in [0.717, 1.165) is 11.6 Å². The fraction of sp³-hybridized carbons (Fsp3) is 0.263. The number of carboxylic acid groups (broad SMARTS) is 1. The average Bonchev–Trinajstić information content (AvgIpc) is 2.58. The zero-order valence-electron chi connectivity index (χ0n) is 13.8. The van der Waals surface area contributed by atoms with Gasteiger partial charge < -0.3 is 10.4 Å². The lowest BCUT2D eigenvalue weighted by atomic mass is 10.0. The van der Waals surface area contributed by atoms with Crippen LogP contribution in [0.25, 0.3) is 0 Å². The van der Waals surface area contributed by atoms with E-state index < -0.39 is 23.5 Å². The van der Waals surface area contributed by atoms with Crippen molar-refractivity contribution in [1.82, 2.24) is 0 Å². The molecule has 1 atom stereocenters. The first-order valence-corrected chi connectivity index (χ1v) is 7.91. The number of carbonyl (C=O) groups excluding carboxylic acids is 1. The maximum atomic E-state index is 13.5. The molecule has 0 bridgehead atoms. The van der Waals surface area contributed by atoms with Gasteiger partial charge in [0.1, 0.15) is 0 Å². The molecule has 0 radical (unpaired) electrons. The molecule has 132 valence electrons. The third-order valence-corrected chi connectivity index (χ3v) is 3.85. The van der Waals surface area contributed by atoms with Crippen LogP contribution in [0.3, 0.4) is 0 Å². The minimum absolute atomic E-state index is 0.0260. The van der Waals surface area contributed by atoms with Crippen molar-refractivity contribution >= 4 is 17.6 Å². The Morgan fingerprint density at radius 2 is 1.80 bits per heavy atom. The molecule has 2 aromatic carbocycles. The van der Waals surface area contributed by atoms with Crippen molar-refractivity contribution in [3.05, 3.63) is 65.2 Å². The molecule has 0 aliphatic carbocycles. The topological polar surface area (TPSA) is 66.4 Å². The lowest BCUT2D eigenvalue weighted by molar-refractivity contribution is -0.141. The first kappa shape index (κ1) is 18.6. The van der Waals surface area contributed by atoms with Gasteiger partial charge in [0.25, 0.3) is 0 Å². The molecular weight excluding hydrogens is 328 g/mol. The molecule has 0 aliphatic heterocycles. The van der Waals surface area contributed by atoms with Crippen LogP contribution in [0.2, 0.25) is 0 Å². The predicted molar refractivity (Wildman–Crippen MR) is 90.3 cm³/mol. The molecule has 0 heterocycles. The maximum absolute atomic E-state index is 13.5. The lowest BCUT2D eigenvalue weighted by Gasteiger charge is -2.09. The monoisotopic (exact) mass is 347 g/mol. The zero-order valence-corrected chi connectivity index (χ0v) is 13.8. The van der Waals surface area contributed by atoms with Gasteiger partial charge in [0.15, 0.2) is 11.6 Å². The van der Waals surface area contributed by atoms with Crippen molar-refractivity contribution in [3.8, 4) is 0 Å². The third kappa shape index (κ3) is 5.38. The first-order chi connectivity index (χ1) is 11.9. The maximum Gasteiger partial charge on any atom is 0.306 e. The number of rotatable bonds is 7. The van der Waals surface area contributed by atoms with Crippen LogP contribution in [0.4, 0.5) is 14.5 Å². The van der Waals surface area contributed by atoms with Gasteiger partial charge in [-0.25, -0.2) is 8.78 Å². The largest absolute Gasteiger partial charge is 0.481 e. The summed E-state index contributed by atoms with van der Waals surface area (Å²) in [5.74, 6) is -3.50. The second-order valence-electron chi connectivity index (χ2n) is 5.90.